The molecule has 3 nitrogen and oxygen atoms in total. The predicted molar refractivity (Wildman–Crippen MR) is 93.9 cm³/mol. The van der Waals surface area contributed by atoms with Gasteiger partial charge in [0.15, 0.2) is 0 Å². The molecule has 0 radical (unpaired) electrons. The molecule has 0 unspecified atom stereocenters. The van der Waals surface area contributed by atoms with Crippen molar-refractivity contribution in [2.24, 2.45) is 0 Å². The highest BCUT2D eigenvalue weighted by atomic mass is 19.4. The van der Waals surface area contributed by atoms with Crippen molar-refractivity contribution in [2.45, 2.75) is 32.1 Å². The van der Waals surface area contributed by atoms with Crippen LogP contribution in [0.3, 0.4) is 0 Å². The summed E-state index contributed by atoms with van der Waals surface area (Å²) in [5.41, 5.74) is 3.28. The maximum absolute atomic E-state index is 12.6. The lowest BCUT2D eigenvalue weighted by molar-refractivity contribution is -0.137. The molecule has 0 aliphatic carbocycles. The Bertz CT molecular complexity index is 800. The molecule has 0 fully saturated rings. The summed E-state index contributed by atoms with van der Waals surface area (Å²) in [6.45, 7) is 3.33. The minimum atomic E-state index is -4.40. The van der Waals surface area contributed by atoms with E-state index in [1.165, 1.54) is 28.8 Å². The van der Waals surface area contributed by atoms with E-state index in [1.807, 2.05) is 7.05 Å². The van der Waals surface area contributed by atoms with E-state index in [2.05, 4.69) is 35.3 Å². The first-order valence-corrected chi connectivity index (χ1v) is 8.48. The Balaban J connectivity index is 1.62. The fraction of sp³-hybridized carbons (Fsp3) is 0.350. The van der Waals surface area contributed by atoms with Gasteiger partial charge in [-0.3, -0.25) is 9.69 Å². The molecule has 3 rings (SSSR count). The highest BCUT2D eigenvalue weighted by Crippen LogP contribution is 2.29. The number of halogens is 3. The second-order valence-electron chi connectivity index (χ2n) is 6.83. The summed E-state index contributed by atoms with van der Waals surface area (Å²) in [5, 5.41) is 2.84. The topological polar surface area (TPSA) is 32.3 Å². The molecular weight excluding hydrogens is 341 g/mol. The fourth-order valence-corrected chi connectivity index (χ4v) is 3.26. The number of likely N-dealkylation sites (N-methyl/N-ethyl adjacent to an activating group) is 1. The van der Waals surface area contributed by atoms with Gasteiger partial charge in [0.05, 0.1) is 5.56 Å². The summed E-state index contributed by atoms with van der Waals surface area (Å²) in [4.78, 5) is 14.4. The molecule has 1 aliphatic rings. The highest BCUT2D eigenvalue weighted by molar-refractivity contribution is 5.94. The number of amides is 1. The number of fused-ring (bicyclic) bond motifs is 1. The number of hydrogen-bond donors (Lipinski definition) is 1. The van der Waals surface area contributed by atoms with Crippen LogP contribution in [-0.2, 0) is 19.1 Å². The molecule has 0 bridgehead atoms. The molecule has 0 aromatic heterocycles. The fourth-order valence-electron chi connectivity index (χ4n) is 3.26. The van der Waals surface area contributed by atoms with Crippen molar-refractivity contribution in [2.75, 3.05) is 13.6 Å². The number of rotatable bonds is 3. The molecule has 138 valence electrons. The van der Waals surface area contributed by atoms with Gasteiger partial charge in [0.1, 0.15) is 0 Å². The Morgan fingerprint density at radius 2 is 1.85 bits per heavy atom. The molecule has 1 N–H and O–H groups in total. The van der Waals surface area contributed by atoms with E-state index in [0.29, 0.717) is 6.54 Å². The van der Waals surface area contributed by atoms with Crippen LogP contribution in [0.25, 0.3) is 0 Å². The van der Waals surface area contributed by atoms with Crippen molar-refractivity contribution in [3.8, 4) is 0 Å². The lowest BCUT2D eigenvalue weighted by atomic mass is 9.93. The van der Waals surface area contributed by atoms with E-state index >= 15 is 0 Å². The number of carbonyl (C=O) groups excluding carboxylic acids is 1. The van der Waals surface area contributed by atoms with E-state index in [1.54, 1.807) is 0 Å². The van der Waals surface area contributed by atoms with Gasteiger partial charge < -0.3 is 5.32 Å². The second kappa shape index (κ2) is 7.11. The van der Waals surface area contributed by atoms with E-state index in [0.717, 1.165) is 25.1 Å². The van der Waals surface area contributed by atoms with Crippen LogP contribution >= 0.6 is 0 Å². The zero-order valence-electron chi connectivity index (χ0n) is 14.7. The van der Waals surface area contributed by atoms with E-state index in [9.17, 15) is 18.0 Å². The van der Waals surface area contributed by atoms with Crippen LogP contribution < -0.4 is 5.32 Å². The minimum Gasteiger partial charge on any atom is -0.350 e. The minimum absolute atomic E-state index is 0.156. The third-order valence-corrected chi connectivity index (χ3v) is 4.83. The monoisotopic (exact) mass is 362 g/mol. The van der Waals surface area contributed by atoms with Crippen molar-refractivity contribution < 1.29 is 18.0 Å². The van der Waals surface area contributed by atoms with Crippen LogP contribution in [0.15, 0.2) is 42.5 Å². The van der Waals surface area contributed by atoms with Gasteiger partial charge in [0, 0.05) is 24.7 Å². The van der Waals surface area contributed by atoms with Gasteiger partial charge in [-0.2, -0.15) is 13.2 Å². The summed E-state index contributed by atoms with van der Waals surface area (Å²) in [6, 6.07) is 10.8. The van der Waals surface area contributed by atoms with E-state index in [4.69, 9.17) is 0 Å². The average molecular weight is 362 g/mol. The maximum Gasteiger partial charge on any atom is 0.416 e. The summed E-state index contributed by atoms with van der Waals surface area (Å²) < 4.78 is 37.8. The molecule has 0 saturated heterocycles. The van der Waals surface area contributed by atoms with Crippen LogP contribution in [0, 0.1) is 6.92 Å². The smallest absolute Gasteiger partial charge is 0.350 e. The molecule has 6 heteroatoms. The standard InChI is InChI=1S/C20H21F3N2O/c1-13-3-4-15-10-18(25(2)12-16(15)9-13)11-24-19(26)14-5-7-17(8-6-14)20(21,22)23/h3-9,18H,10-12H2,1-2H3,(H,24,26)/t18-/m1/s1. The molecule has 1 heterocycles. The number of benzene rings is 2. The van der Waals surface area contributed by atoms with Crippen molar-refractivity contribution in [1.82, 2.24) is 10.2 Å². The molecule has 0 saturated carbocycles. The summed E-state index contributed by atoms with van der Waals surface area (Å²) in [7, 11) is 2.01. The molecule has 1 aliphatic heterocycles. The Kier molecular flexibility index (Phi) is 5.05. The van der Waals surface area contributed by atoms with Gasteiger partial charge in [-0.1, -0.05) is 23.8 Å². The van der Waals surface area contributed by atoms with Crippen LogP contribution in [0.4, 0.5) is 13.2 Å². The first-order valence-electron chi connectivity index (χ1n) is 8.48. The number of alkyl halides is 3. The van der Waals surface area contributed by atoms with Gasteiger partial charge in [-0.05, 0) is 55.8 Å². The number of nitrogens with zero attached hydrogens (tertiary/aromatic N) is 1. The maximum atomic E-state index is 12.6. The third kappa shape index (κ3) is 4.07. The van der Waals surface area contributed by atoms with Crippen LogP contribution in [-0.4, -0.2) is 30.4 Å². The Hall–Kier alpha value is -2.34. The third-order valence-electron chi connectivity index (χ3n) is 4.83. The number of hydrogen-bond acceptors (Lipinski definition) is 2. The SMILES string of the molecule is Cc1ccc2c(c1)CN(C)[C@@H](CNC(=O)c1ccc(C(F)(F)F)cc1)C2. The second-order valence-corrected chi connectivity index (χ2v) is 6.83. The zero-order valence-corrected chi connectivity index (χ0v) is 14.7. The summed E-state index contributed by atoms with van der Waals surface area (Å²) in [5.74, 6) is -0.359. The van der Waals surface area contributed by atoms with Crippen molar-refractivity contribution in [1.29, 1.82) is 0 Å². The molecule has 2 aromatic rings. The quantitative estimate of drug-likeness (QED) is 0.901. The normalized spacial score (nSPS) is 17.7. The lowest BCUT2D eigenvalue weighted by Gasteiger charge is -2.34. The largest absolute Gasteiger partial charge is 0.416 e. The lowest BCUT2D eigenvalue weighted by Crippen LogP contribution is -2.45. The Morgan fingerprint density at radius 3 is 2.50 bits per heavy atom. The first kappa shape index (κ1) is 18.5. The van der Waals surface area contributed by atoms with Gasteiger partial charge in [-0.15, -0.1) is 0 Å². The van der Waals surface area contributed by atoms with Crippen LogP contribution in [0.1, 0.15) is 32.6 Å². The van der Waals surface area contributed by atoms with E-state index < -0.39 is 11.7 Å². The summed E-state index contributed by atoms with van der Waals surface area (Å²) >= 11 is 0. The Labute approximate surface area is 150 Å². The van der Waals surface area contributed by atoms with Gasteiger partial charge in [0.2, 0.25) is 0 Å². The first-order chi connectivity index (χ1) is 12.2. The van der Waals surface area contributed by atoms with Crippen LogP contribution in [0.5, 0.6) is 0 Å². The predicted octanol–water partition coefficient (Wildman–Crippen LogP) is 3.80. The van der Waals surface area contributed by atoms with Crippen LogP contribution in [0.2, 0.25) is 0 Å². The molecule has 1 amide bonds. The molecule has 0 spiro atoms. The molecule has 26 heavy (non-hydrogen) atoms. The molecule has 1 atom stereocenters. The van der Waals surface area contributed by atoms with Gasteiger partial charge in [-0.25, -0.2) is 0 Å². The summed E-state index contributed by atoms with van der Waals surface area (Å²) in [6.07, 6.45) is -3.56. The highest BCUT2D eigenvalue weighted by Gasteiger charge is 2.30. The van der Waals surface area contributed by atoms with Gasteiger partial charge in [0.25, 0.3) is 5.91 Å². The van der Waals surface area contributed by atoms with Crippen molar-refractivity contribution in [3.05, 3.63) is 70.3 Å². The number of nitrogens with one attached hydrogen (secondary N) is 1. The van der Waals surface area contributed by atoms with E-state index in [-0.39, 0.29) is 17.5 Å². The average Bonchev–Trinajstić information content (AvgIpc) is 2.59. The Morgan fingerprint density at radius 1 is 1.15 bits per heavy atom. The van der Waals surface area contributed by atoms with Gasteiger partial charge >= 0.3 is 6.18 Å². The number of aryl methyl sites for hydroxylation is 1. The zero-order chi connectivity index (χ0) is 18.9. The number of carbonyl (C=O) groups is 1. The molecule has 2 aromatic carbocycles. The molecular formula is C20H21F3N2O. The van der Waals surface area contributed by atoms with Crippen molar-refractivity contribution in [3.63, 3.8) is 0 Å². The van der Waals surface area contributed by atoms with Crippen molar-refractivity contribution >= 4 is 5.91 Å².